The Morgan fingerprint density at radius 1 is 1.35 bits per heavy atom. The molecule has 0 fully saturated rings. The second-order valence-electron chi connectivity index (χ2n) is 3.66. The Morgan fingerprint density at radius 2 is 2.06 bits per heavy atom. The molecular weight excluding hydrogens is 216 g/mol. The summed E-state index contributed by atoms with van der Waals surface area (Å²) in [7, 11) is 0. The highest BCUT2D eigenvalue weighted by atomic mass is 16.5. The third-order valence-electron chi connectivity index (χ3n) is 2.48. The smallest absolute Gasteiger partial charge is 0.153 e. The minimum atomic E-state index is 0.610. The number of rotatable bonds is 4. The summed E-state index contributed by atoms with van der Waals surface area (Å²) >= 11 is 0. The molecule has 2 aromatic rings. The molecule has 0 N–H and O–H groups in total. The average Bonchev–Trinajstić information content (AvgIpc) is 2.72. The van der Waals surface area contributed by atoms with Gasteiger partial charge in [-0.15, -0.1) is 0 Å². The number of hydrogen-bond donors (Lipinski definition) is 0. The SMILES string of the molecule is CCOc1ccc(-n2cc(C=O)c(C)n2)cc1. The van der Waals surface area contributed by atoms with E-state index in [2.05, 4.69) is 5.10 Å². The summed E-state index contributed by atoms with van der Waals surface area (Å²) in [6.07, 6.45) is 2.53. The average molecular weight is 230 g/mol. The first-order valence-electron chi connectivity index (χ1n) is 5.49. The van der Waals surface area contributed by atoms with Gasteiger partial charge >= 0.3 is 0 Å². The largest absolute Gasteiger partial charge is 0.494 e. The summed E-state index contributed by atoms with van der Waals surface area (Å²) in [4.78, 5) is 10.7. The first-order valence-corrected chi connectivity index (χ1v) is 5.49. The Bertz CT molecular complexity index is 515. The van der Waals surface area contributed by atoms with Crippen molar-refractivity contribution in [3.05, 3.63) is 41.7 Å². The zero-order valence-corrected chi connectivity index (χ0v) is 9.88. The molecule has 0 spiro atoms. The van der Waals surface area contributed by atoms with Gasteiger partial charge in [0, 0.05) is 6.20 Å². The van der Waals surface area contributed by atoms with E-state index in [0.29, 0.717) is 12.2 Å². The van der Waals surface area contributed by atoms with Crippen molar-refractivity contribution >= 4 is 6.29 Å². The van der Waals surface area contributed by atoms with E-state index < -0.39 is 0 Å². The number of benzene rings is 1. The molecule has 1 aromatic carbocycles. The molecule has 2 rings (SSSR count). The number of carbonyl (C=O) groups excluding carboxylic acids is 1. The number of nitrogens with zero attached hydrogens (tertiary/aromatic N) is 2. The fraction of sp³-hybridized carbons (Fsp3) is 0.231. The van der Waals surface area contributed by atoms with Gasteiger partial charge in [-0.3, -0.25) is 4.79 Å². The van der Waals surface area contributed by atoms with Gasteiger partial charge < -0.3 is 4.74 Å². The van der Waals surface area contributed by atoms with Crippen molar-refractivity contribution in [1.29, 1.82) is 0 Å². The Morgan fingerprint density at radius 3 is 2.59 bits per heavy atom. The van der Waals surface area contributed by atoms with Crippen molar-refractivity contribution in [2.75, 3.05) is 6.61 Å². The van der Waals surface area contributed by atoms with E-state index in [0.717, 1.165) is 23.4 Å². The molecule has 0 saturated carbocycles. The minimum Gasteiger partial charge on any atom is -0.494 e. The van der Waals surface area contributed by atoms with Gasteiger partial charge in [-0.1, -0.05) is 0 Å². The lowest BCUT2D eigenvalue weighted by atomic mass is 10.3. The van der Waals surface area contributed by atoms with E-state index in [1.165, 1.54) is 0 Å². The molecule has 4 nitrogen and oxygen atoms in total. The van der Waals surface area contributed by atoms with E-state index in [1.54, 1.807) is 10.9 Å². The van der Waals surface area contributed by atoms with Crippen molar-refractivity contribution < 1.29 is 9.53 Å². The molecule has 4 heteroatoms. The molecule has 0 unspecified atom stereocenters. The van der Waals surface area contributed by atoms with Crippen LogP contribution in [0, 0.1) is 6.92 Å². The topological polar surface area (TPSA) is 44.1 Å². The Hall–Kier alpha value is -2.10. The molecule has 0 amide bonds. The lowest BCUT2D eigenvalue weighted by Gasteiger charge is -2.04. The van der Waals surface area contributed by atoms with Crippen molar-refractivity contribution in [3.63, 3.8) is 0 Å². The lowest BCUT2D eigenvalue weighted by molar-refractivity contribution is 0.112. The van der Waals surface area contributed by atoms with Crippen molar-refractivity contribution in [2.45, 2.75) is 13.8 Å². The van der Waals surface area contributed by atoms with E-state index in [4.69, 9.17) is 4.74 Å². The lowest BCUT2D eigenvalue weighted by Crippen LogP contribution is -1.96. The maximum absolute atomic E-state index is 10.7. The fourth-order valence-corrected chi connectivity index (χ4v) is 1.58. The van der Waals surface area contributed by atoms with Gasteiger partial charge in [0.1, 0.15) is 5.75 Å². The summed E-state index contributed by atoms with van der Waals surface area (Å²) < 4.78 is 7.05. The Kier molecular flexibility index (Phi) is 3.23. The van der Waals surface area contributed by atoms with Gasteiger partial charge in [0.05, 0.1) is 23.6 Å². The molecule has 0 saturated heterocycles. The van der Waals surface area contributed by atoms with Crippen LogP contribution in [0.3, 0.4) is 0 Å². The maximum Gasteiger partial charge on any atom is 0.153 e. The van der Waals surface area contributed by atoms with Crippen LogP contribution in [0.5, 0.6) is 5.75 Å². The number of ether oxygens (including phenoxy) is 1. The molecule has 88 valence electrons. The molecule has 0 atom stereocenters. The molecule has 0 aliphatic carbocycles. The van der Waals surface area contributed by atoms with Crippen molar-refractivity contribution in [2.24, 2.45) is 0 Å². The fourth-order valence-electron chi connectivity index (χ4n) is 1.58. The second-order valence-corrected chi connectivity index (χ2v) is 3.66. The highest BCUT2D eigenvalue weighted by Crippen LogP contribution is 2.16. The van der Waals surface area contributed by atoms with Gasteiger partial charge in [0.25, 0.3) is 0 Å². The molecule has 1 heterocycles. The first-order chi connectivity index (χ1) is 8.24. The van der Waals surface area contributed by atoms with Crippen LogP contribution in [-0.4, -0.2) is 22.7 Å². The third-order valence-corrected chi connectivity index (χ3v) is 2.48. The summed E-state index contributed by atoms with van der Waals surface area (Å²) in [5, 5.41) is 4.27. The zero-order chi connectivity index (χ0) is 12.3. The predicted octanol–water partition coefficient (Wildman–Crippen LogP) is 2.39. The molecule has 17 heavy (non-hydrogen) atoms. The van der Waals surface area contributed by atoms with E-state index in [1.807, 2.05) is 38.1 Å². The van der Waals surface area contributed by atoms with Gasteiger partial charge in [-0.05, 0) is 38.1 Å². The third kappa shape index (κ3) is 2.36. The standard InChI is InChI=1S/C13H14N2O2/c1-3-17-13-6-4-12(5-7-13)15-8-11(9-16)10(2)14-15/h4-9H,3H2,1-2H3. The van der Waals surface area contributed by atoms with Gasteiger partial charge in [-0.2, -0.15) is 5.10 Å². The highest BCUT2D eigenvalue weighted by molar-refractivity contribution is 5.76. The maximum atomic E-state index is 10.7. The normalized spacial score (nSPS) is 10.2. The molecular formula is C13H14N2O2. The van der Waals surface area contributed by atoms with Crippen LogP contribution in [0.1, 0.15) is 23.0 Å². The minimum absolute atomic E-state index is 0.610. The van der Waals surface area contributed by atoms with Crippen LogP contribution in [0.25, 0.3) is 5.69 Å². The summed E-state index contributed by atoms with van der Waals surface area (Å²) in [5.74, 6) is 0.829. The van der Waals surface area contributed by atoms with Crippen LogP contribution >= 0.6 is 0 Å². The number of aromatic nitrogens is 2. The van der Waals surface area contributed by atoms with Crippen LogP contribution in [0.15, 0.2) is 30.5 Å². The summed E-state index contributed by atoms with van der Waals surface area (Å²) in [6.45, 7) is 4.41. The predicted molar refractivity (Wildman–Crippen MR) is 64.9 cm³/mol. The number of carbonyl (C=O) groups is 1. The van der Waals surface area contributed by atoms with Gasteiger partial charge in [0.2, 0.25) is 0 Å². The second kappa shape index (κ2) is 4.82. The quantitative estimate of drug-likeness (QED) is 0.757. The van der Waals surface area contributed by atoms with Crippen molar-refractivity contribution in [1.82, 2.24) is 9.78 Å². The molecule has 0 aliphatic rings. The molecule has 0 radical (unpaired) electrons. The zero-order valence-electron chi connectivity index (χ0n) is 9.88. The van der Waals surface area contributed by atoms with Crippen LogP contribution in [0.2, 0.25) is 0 Å². The van der Waals surface area contributed by atoms with E-state index in [-0.39, 0.29) is 0 Å². The van der Waals surface area contributed by atoms with Gasteiger partial charge in [0.15, 0.2) is 6.29 Å². The van der Waals surface area contributed by atoms with E-state index in [9.17, 15) is 4.79 Å². The number of aldehydes is 1. The van der Waals surface area contributed by atoms with Crippen molar-refractivity contribution in [3.8, 4) is 11.4 Å². The Balaban J connectivity index is 2.29. The molecule has 0 aliphatic heterocycles. The Labute approximate surface area is 99.8 Å². The number of aryl methyl sites for hydroxylation is 1. The first kappa shape index (κ1) is 11.4. The monoisotopic (exact) mass is 230 g/mol. The van der Waals surface area contributed by atoms with Crippen LogP contribution < -0.4 is 4.74 Å². The van der Waals surface area contributed by atoms with Gasteiger partial charge in [-0.25, -0.2) is 4.68 Å². The number of hydrogen-bond acceptors (Lipinski definition) is 3. The molecule has 1 aromatic heterocycles. The van der Waals surface area contributed by atoms with Crippen LogP contribution in [-0.2, 0) is 0 Å². The molecule has 0 bridgehead atoms. The highest BCUT2D eigenvalue weighted by Gasteiger charge is 2.05. The van der Waals surface area contributed by atoms with E-state index >= 15 is 0 Å². The summed E-state index contributed by atoms with van der Waals surface area (Å²) in [6, 6.07) is 7.59. The van der Waals surface area contributed by atoms with Crippen LogP contribution in [0.4, 0.5) is 0 Å². The summed E-state index contributed by atoms with van der Waals surface area (Å²) in [5.41, 5.74) is 2.25.